The number of hydrogen-bond donors (Lipinski definition) is 1. The van der Waals surface area contributed by atoms with Crippen molar-refractivity contribution in [1.82, 2.24) is 5.01 Å². The topological polar surface area (TPSA) is 38.5 Å². The Kier molecular flexibility index (Phi) is 5.33. The summed E-state index contributed by atoms with van der Waals surface area (Å²) in [5.74, 6) is 8.96. The van der Waals surface area contributed by atoms with Crippen LogP contribution in [0.2, 0.25) is 0 Å². The molecule has 0 bridgehead atoms. The van der Waals surface area contributed by atoms with Gasteiger partial charge in [0.25, 0.3) is 0 Å². The molecule has 0 aromatic heterocycles. The average Bonchev–Trinajstić information content (AvgIpc) is 3.45. The van der Waals surface area contributed by atoms with Crippen molar-refractivity contribution in [2.75, 3.05) is 0 Å². The predicted molar refractivity (Wildman–Crippen MR) is 104 cm³/mol. The highest BCUT2D eigenvalue weighted by Crippen LogP contribution is 2.37. The van der Waals surface area contributed by atoms with Gasteiger partial charge in [-0.1, -0.05) is 64.0 Å². The molecule has 0 spiro atoms. The summed E-state index contributed by atoms with van der Waals surface area (Å²) >= 11 is 0. The summed E-state index contributed by atoms with van der Waals surface area (Å²) in [5.41, 5.74) is 1.29. The molecule has 1 saturated carbocycles. The zero-order valence-corrected chi connectivity index (χ0v) is 15.6. The van der Waals surface area contributed by atoms with Crippen LogP contribution >= 0.6 is 0 Å². The van der Waals surface area contributed by atoms with Crippen molar-refractivity contribution in [3.8, 4) is 5.75 Å². The second kappa shape index (κ2) is 7.49. The number of nitrogens with zero attached hydrogens (tertiary/aromatic N) is 1. The van der Waals surface area contributed by atoms with E-state index in [1.54, 1.807) is 0 Å². The van der Waals surface area contributed by atoms with Gasteiger partial charge in [-0.2, -0.15) is 0 Å². The summed E-state index contributed by atoms with van der Waals surface area (Å²) in [6.07, 6.45) is 13.4. The summed E-state index contributed by atoms with van der Waals surface area (Å²) in [6, 6.07) is 10.1. The van der Waals surface area contributed by atoms with Crippen LogP contribution in [0, 0.1) is 11.3 Å². The lowest BCUT2D eigenvalue weighted by Gasteiger charge is -2.30. The van der Waals surface area contributed by atoms with E-state index < -0.39 is 0 Å². The molecule has 1 unspecified atom stereocenters. The van der Waals surface area contributed by atoms with E-state index in [1.807, 2.05) is 35.3 Å². The van der Waals surface area contributed by atoms with Gasteiger partial charge in [0.05, 0.1) is 6.04 Å². The van der Waals surface area contributed by atoms with Crippen LogP contribution in [-0.4, -0.2) is 11.1 Å². The van der Waals surface area contributed by atoms with Crippen molar-refractivity contribution in [3.05, 3.63) is 66.1 Å². The molecule has 25 heavy (non-hydrogen) atoms. The molecule has 0 aliphatic heterocycles. The van der Waals surface area contributed by atoms with Crippen molar-refractivity contribution >= 4 is 0 Å². The summed E-state index contributed by atoms with van der Waals surface area (Å²) < 4.78 is 6.12. The summed E-state index contributed by atoms with van der Waals surface area (Å²) in [6.45, 7) is 6.67. The molecular formula is C22H30N2O. The molecule has 1 aromatic rings. The second-order valence-corrected chi connectivity index (χ2v) is 8.25. The van der Waals surface area contributed by atoms with Crippen molar-refractivity contribution in [1.29, 1.82) is 0 Å². The van der Waals surface area contributed by atoms with Gasteiger partial charge in [0.1, 0.15) is 5.75 Å². The first-order chi connectivity index (χ1) is 11.9. The maximum atomic E-state index is 6.55. The lowest BCUT2D eigenvalue weighted by molar-refractivity contribution is 0.153. The Balaban J connectivity index is 1.71. The maximum absolute atomic E-state index is 6.55. The number of hydrogen-bond acceptors (Lipinski definition) is 3. The van der Waals surface area contributed by atoms with Crippen molar-refractivity contribution in [2.24, 2.45) is 17.2 Å². The van der Waals surface area contributed by atoms with Gasteiger partial charge in [-0.15, -0.1) is 0 Å². The quantitative estimate of drug-likeness (QED) is 0.307. The largest absolute Gasteiger partial charge is 0.439 e. The van der Waals surface area contributed by atoms with E-state index in [-0.39, 0.29) is 11.5 Å². The number of nitrogens with two attached hydrogens (primary N) is 1. The van der Waals surface area contributed by atoms with Crippen molar-refractivity contribution in [3.63, 3.8) is 0 Å². The van der Waals surface area contributed by atoms with E-state index in [0.717, 1.165) is 36.0 Å². The summed E-state index contributed by atoms with van der Waals surface area (Å²) in [4.78, 5) is 0. The molecule has 0 heterocycles. The number of rotatable bonds is 8. The Bertz CT molecular complexity index is 655. The van der Waals surface area contributed by atoms with Crippen LogP contribution in [0.25, 0.3) is 0 Å². The van der Waals surface area contributed by atoms with Gasteiger partial charge in [-0.05, 0) is 48.5 Å². The second-order valence-electron chi connectivity index (χ2n) is 8.25. The molecule has 3 heteroatoms. The highest BCUT2D eigenvalue weighted by Gasteiger charge is 2.30. The molecule has 3 nitrogen and oxygen atoms in total. The highest BCUT2D eigenvalue weighted by molar-refractivity contribution is 5.49. The standard InChI is InChI=1S/C22H30N2O/c1-22(2,3)15-7-8-19(16-17-11-12-17)24(23)21(18-13-14-18)25-20-9-5-4-6-10-20/h4-7,9-10,13-15,17,19H,8,11-12,16,23H2,1-3H3/b15-7+. The SMILES string of the molecule is CC(C)(C)/C=C/CC(CC1CC1)N(N)C(Oc1ccccc1)=C1C=C1. The Hall–Kier alpha value is -2.00. The van der Waals surface area contributed by atoms with Crippen LogP contribution < -0.4 is 10.6 Å². The minimum Gasteiger partial charge on any atom is -0.439 e. The van der Waals surface area contributed by atoms with Crippen LogP contribution in [0.5, 0.6) is 5.75 Å². The van der Waals surface area contributed by atoms with E-state index in [4.69, 9.17) is 10.6 Å². The van der Waals surface area contributed by atoms with E-state index in [0.29, 0.717) is 0 Å². The van der Waals surface area contributed by atoms with Crippen LogP contribution in [-0.2, 0) is 0 Å². The van der Waals surface area contributed by atoms with Crippen molar-refractivity contribution < 1.29 is 4.74 Å². The Morgan fingerprint density at radius 2 is 1.92 bits per heavy atom. The van der Waals surface area contributed by atoms with Crippen molar-refractivity contribution in [2.45, 2.75) is 52.5 Å². The zero-order chi connectivity index (χ0) is 17.9. The number of ether oxygens (including phenoxy) is 1. The smallest absolute Gasteiger partial charge is 0.217 e. The fourth-order valence-electron chi connectivity index (χ4n) is 2.85. The van der Waals surface area contributed by atoms with Gasteiger partial charge in [0.2, 0.25) is 5.88 Å². The molecule has 0 saturated heterocycles. The minimum atomic E-state index is 0.198. The number of para-hydroxylation sites is 1. The number of allylic oxidation sites excluding steroid dienone is 4. The first kappa shape index (κ1) is 17.8. The zero-order valence-electron chi connectivity index (χ0n) is 15.6. The average molecular weight is 338 g/mol. The van der Waals surface area contributed by atoms with E-state index in [9.17, 15) is 0 Å². The highest BCUT2D eigenvalue weighted by atomic mass is 16.5. The van der Waals surface area contributed by atoms with Gasteiger partial charge < -0.3 is 4.74 Å². The lowest BCUT2D eigenvalue weighted by Crippen LogP contribution is -2.42. The Morgan fingerprint density at radius 1 is 1.24 bits per heavy atom. The molecule has 134 valence electrons. The third-order valence-corrected chi connectivity index (χ3v) is 4.49. The summed E-state index contributed by atoms with van der Waals surface area (Å²) in [7, 11) is 0. The van der Waals surface area contributed by atoms with Gasteiger partial charge in [-0.3, -0.25) is 5.01 Å². The van der Waals surface area contributed by atoms with Crippen LogP contribution in [0.1, 0.15) is 46.5 Å². The fraction of sp³-hybridized carbons (Fsp3) is 0.455. The van der Waals surface area contributed by atoms with Gasteiger partial charge >= 0.3 is 0 Å². The monoisotopic (exact) mass is 338 g/mol. The first-order valence-electron chi connectivity index (χ1n) is 9.29. The molecule has 3 rings (SSSR count). The third-order valence-electron chi connectivity index (χ3n) is 4.49. The van der Waals surface area contributed by atoms with E-state index in [1.165, 1.54) is 12.8 Å². The molecule has 0 amide bonds. The summed E-state index contributed by atoms with van der Waals surface area (Å²) in [5, 5.41) is 1.85. The first-order valence-corrected chi connectivity index (χ1v) is 9.29. The van der Waals surface area contributed by atoms with Crippen LogP contribution in [0.15, 0.2) is 66.1 Å². The minimum absolute atomic E-state index is 0.198. The molecule has 2 N–H and O–H groups in total. The fourth-order valence-corrected chi connectivity index (χ4v) is 2.85. The Morgan fingerprint density at radius 3 is 2.48 bits per heavy atom. The van der Waals surface area contributed by atoms with Gasteiger partial charge in [-0.25, -0.2) is 5.84 Å². The lowest BCUT2D eigenvalue weighted by atomic mass is 9.95. The molecule has 0 radical (unpaired) electrons. The van der Waals surface area contributed by atoms with Crippen LogP contribution in [0.3, 0.4) is 0 Å². The normalized spacial score (nSPS) is 17.7. The third kappa shape index (κ3) is 5.79. The van der Waals surface area contributed by atoms with E-state index in [2.05, 4.69) is 45.1 Å². The Labute approximate surface area is 151 Å². The molecule has 1 aromatic carbocycles. The molecule has 1 atom stereocenters. The molecule has 2 aliphatic carbocycles. The van der Waals surface area contributed by atoms with Crippen LogP contribution in [0.4, 0.5) is 0 Å². The van der Waals surface area contributed by atoms with E-state index >= 15 is 0 Å². The predicted octanol–water partition coefficient (Wildman–Crippen LogP) is 5.18. The maximum Gasteiger partial charge on any atom is 0.217 e. The molecule has 2 aliphatic rings. The molecule has 1 fully saturated rings. The van der Waals surface area contributed by atoms with Gasteiger partial charge in [0, 0.05) is 5.57 Å². The number of benzene rings is 1. The molecular weight excluding hydrogens is 308 g/mol. The van der Waals surface area contributed by atoms with Gasteiger partial charge in [0.15, 0.2) is 0 Å². The number of hydrazine groups is 1.